The normalized spacial score (nSPS) is 21.0. The summed E-state index contributed by atoms with van der Waals surface area (Å²) in [5.41, 5.74) is 0.920. The van der Waals surface area contributed by atoms with Gasteiger partial charge in [-0.15, -0.1) is 0 Å². The van der Waals surface area contributed by atoms with Crippen molar-refractivity contribution in [1.82, 2.24) is 9.80 Å². The number of hydrogen-bond acceptors (Lipinski definition) is 7. The second kappa shape index (κ2) is 10.2. The molecule has 2 aromatic rings. The molecule has 1 unspecified atom stereocenters. The molecule has 0 bridgehead atoms. The summed E-state index contributed by atoms with van der Waals surface area (Å²) in [4.78, 5) is 54.1. The summed E-state index contributed by atoms with van der Waals surface area (Å²) < 4.78 is 29.2. The number of amides is 3. The van der Waals surface area contributed by atoms with E-state index in [1.54, 1.807) is 29.2 Å². The third kappa shape index (κ3) is 5.12. The zero-order valence-corrected chi connectivity index (χ0v) is 21.4. The van der Waals surface area contributed by atoms with Crippen LogP contribution < -0.4 is 0 Å². The Morgan fingerprint density at radius 3 is 2.19 bits per heavy atom. The maximum absolute atomic E-state index is 13.0. The van der Waals surface area contributed by atoms with Gasteiger partial charge in [0.2, 0.25) is 0 Å². The van der Waals surface area contributed by atoms with Crippen LogP contribution in [0.5, 0.6) is 0 Å². The Balaban J connectivity index is 1.15. The van der Waals surface area contributed by atoms with Gasteiger partial charge in [-0.2, -0.15) is 0 Å². The molecular formula is C27H30N2O7S. The van der Waals surface area contributed by atoms with E-state index in [0.717, 1.165) is 36.0 Å². The number of nitrogens with zero attached hydrogens (tertiary/aromatic N) is 2. The smallest absolute Gasteiger partial charge is 0.306 e. The molecule has 2 aliphatic heterocycles. The van der Waals surface area contributed by atoms with Gasteiger partial charge >= 0.3 is 5.97 Å². The average molecular weight is 527 g/mol. The van der Waals surface area contributed by atoms with Crippen LogP contribution in [0.25, 0.3) is 10.8 Å². The van der Waals surface area contributed by atoms with Crippen molar-refractivity contribution in [3.63, 3.8) is 0 Å². The molecule has 1 aliphatic carbocycles. The van der Waals surface area contributed by atoms with E-state index in [9.17, 15) is 27.6 Å². The Labute approximate surface area is 215 Å². The van der Waals surface area contributed by atoms with Crippen molar-refractivity contribution in [2.45, 2.75) is 57.0 Å². The molecule has 3 amide bonds. The van der Waals surface area contributed by atoms with Crippen molar-refractivity contribution in [3.8, 4) is 0 Å². The Morgan fingerprint density at radius 2 is 1.59 bits per heavy atom. The fourth-order valence-corrected chi connectivity index (χ4v) is 7.55. The molecule has 0 N–H and O–H groups in total. The minimum Gasteiger partial charge on any atom is -0.456 e. The minimum atomic E-state index is -3.16. The van der Waals surface area contributed by atoms with E-state index in [1.807, 2.05) is 12.1 Å². The molecule has 0 aromatic heterocycles. The topological polar surface area (TPSA) is 118 Å². The molecule has 9 nitrogen and oxygen atoms in total. The summed E-state index contributed by atoms with van der Waals surface area (Å²) in [7, 11) is -3.16. The van der Waals surface area contributed by atoms with Crippen LogP contribution in [-0.2, 0) is 24.2 Å². The second-order valence-electron chi connectivity index (χ2n) is 10.0. The number of esters is 1. The van der Waals surface area contributed by atoms with Crippen LogP contribution in [0.15, 0.2) is 36.4 Å². The van der Waals surface area contributed by atoms with Crippen LogP contribution in [0.1, 0.15) is 65.7 Å². The lowest BCUT2D eigenvalue weighted by Gasteiger charge is -2.33. The zero-order chi connectivity index (χ0) is 26.2. The molecule has 5 rings (SSSR count). The van der Waals surface area contributed by atoms with Gasteiger partial charge in [-0.25, -0.2) is 8.42 Å². The van der Waals surface area contributed by atoms with Gasteiger partial charge in [-0.1, -0.05) is 37.1 Å². The monoisotopic (exact) mass is 526 g/mol. The summed E-state index contributed by atoms with van der Waals surface area (Å²) >= 11 is 0. The van der Waals surface area contributed by atoms with Gasteiger partial charge < -0.3 is 9.64 Å². The van der Waals surface area contributed by atoms with Crippen molar-refractivity contribution < 1.29 is 32.3 Å². The molecule has 1 saturated carbocycles. The number of carbonyl (C=O) groups excluding carboxylic acids is 4. The van der Waals surface area contributed by atoms with Crippen LogP contribution in [-0.4, -0.2) is 78.6 Å². The Morgan fingerprint density at radius 1 is 0.946 bits per heavy atom. The molecule has 0 spiro atoms. The molecule has 2 aromatic carbocycles. The highest BCUT2D eigenvalue weighted by atomic mass is 32.2. The lowest BCUT2D eigenvalue weighted by atomic mass is 9.94. The number of sulfone groups is 1. The minimum absolute atomic E-state index is 0.0204. The zero-order valence-electron chi connectivity index (χ0n) is 20.6. The van der Waals surface area contributed by atoms with E-state index in [1.165, 1.54) is 0 Å². The SMILES string of the molecule is O=C(CCCN1C(=O)c2cccc3cccc(c23)C1=O)OCC(=O)N(C1CCCC1)C1CCS(=O)(=O)C1. The summed E-state index contributed by atoms with van der Waals surface area (Å²) in [5, 5.41) is 1.47. The first kappa shape index (κ1) is 25.4. The van der Waals surface area contributed by atoms with E-state index >= 15 is 0 Å². The van der Waals surface area contributed by atoms with Gasteiger partial charge in [0.25, 0.3) is 17.7 Å². The number of carbonyl (C=O) groups is 4. The standard InChI is InChI=1S/C27H30N2O7S/c30-23(29(19-8-1-2-9-19)20-13-15-37(34,35)17-20)16-36-24(31)12-5-14-28-26(32)21-10-3-6-18-7-4-11-22(25(18)21)27(28)33/h3-4,6-7,10-11,19-20H,1-2,5,8-9,12-17H2. The van der Waals surface area contributed by atoms with Crippen LogP contribution in [0.2, 0.25) is 0 Å². The number of benzene rings is 2. The number of hydrogen-bond donors (Lipinski definition) is 0. The van der Waals surface area contributed by atoms with Crippen LogP contribution in [0.4, 0.5) is 0 Å². The van der Waals surface area contributed by atoms with Gasteiger partial charge in [0.05, 0.1) is 11.5 Å². The van der Waals surface area contributed by atoms with Gasteiger partial charge in [0, 0.05) is 41.6 Å². The van der Waals surface area contributed by atoms with Gasteiger partial charge in [-0.3, -0.25) is 24.1 Å². The van der Waals surface area contributed by atoms with Gasteiger partial charge in [-0.05, 0) is 43.2 Å². The summed E-state index contributed by atoms with van der Waals surface area (Å²) in [5.74, 6) is -1.72. The van der Waals surface area contributed by atoms with Crippen molar-refractivity contribution in [2.24, 2.45) is 0 Å². The molecule has 37 heavy (non-hydrogen) atoms. The molecule has 3 aliphatic rings. The van der Waals surface area contributed by atoms with Crippen molar-refractivity contribution in [3.05, 3.63) is 47.5 Å². The van der Waals surface area contributed by atoms with Crippen molar-refractivity contribution in [2.75, 3.05) is 24.7 Å². The summed E-state index contributed by atoms with van der Waals surface area (Å²) in [6.07, 6.45) is 4.18. The molecular weight excluding hydrogens is 496 g/mol. The Bertz CT molecular complexity index is 1310. The van der Waals surface area contributed by atoms with Crippen LogP contribution in [0.3, 0.4) is 0 Å². The van der Waals surface area contributed by atoms with Gasteiger partial charge in [0.1, 0.15) is 0 Å². The number of imide groups is 1. The fraction of sp³-hybridized carbons (Fsp3) is 0.481. The maximum Gasteiger partial charge on any atom is 0.306 e. The third-order valence-corrected chi connectivity index (χ3v) is 9.33. The van der Waals surface area contributed by atoms with E-state index < -0.39 is 34.2 Å². The van der Waals surface area contributed by atoms with E-state index in [-0.39, 0.29) is 48.9 Å². The van der Waals surface area contributed by atoms with E-state index in [4.69, 9.17) is 4.74 Å². The molecule has 1 saturated heterocycles. The Kier molecular flexibility index (Phi) is 7.02. The Hall–Kier alpha value is -3.27. The molecule has 1 atom stereocenters. The number of ether oxygens (including phenoxy) is 1. The highest BCUT2D eigenvalue weighted by Crippen LogP contribution is 2.31. The lowest BCUT2D eigenvalue weighted by molar-refractivity contribution is -0.154. The van der Waals surface area contributed by atoms with Crippen LogP contribution >= 0.6 is 0 Å². The summed E-state index contributed by atoms with van der Waals surface area (Å²) in [6, 6.07) is 10.3. The number of rotatable bonds is 8. The maximum atomic E-state index is 13.0. The highest BCUT2D eigenvalue weighted by Gasteiger charge is 2.39. The van der Waals surface area contributed by atoms with Crippen molar-refractivity contribution >= 4 is 44.3 Å². The molecule has 196 valence electrons. The lowest BCUT2D eigenvalue weighted by Crippen LogP contribution is -2.48. The fourth-order valence-electron chi connectivity index (χ4n) is 5.84. The first-order valence-electron chi connectivity index (χ1n) is 12.8. The molecule has 10 heteroatoms. The van der Waals surface area contributed by atoms with Crippen molar-refractivity contribution in [1.29, 1.82) is 0 Å². The first-order valence-corrected chi connectivity index (χ1v) is 14.6. The van der Waals surface area contributed by atoms with Crippen LogP contribution in [0, 0.1) is 0 Å². The largest absolute Gasteiger partial charge is 0.456 e. The molecule has 2 fully saturated rings. The molecule has 2 heterocycles. The highest BCUT2D eigenvalue weighted by molar-refractivity contribution is 7.91. The third-order valence-electron chi connectivity index (χ3n) is 7.58. The predicted molar refractivity (Wildman–Crippen MR) is 136 cm³/mol. The summed E-state index contributed by atoms with van der Waals surface area (Å²) in [6.45, 7) is -0.387. The first-order chi connectivity index (χ1) is 17.7. The van der Waals surface area contributed by atoms with Gasteiger partial charge in [0.15, 0.2) is 16.4 Å². The van der Waals surface area contributed by atoms with E-state index in [2.05, 4.69) is 0 Å². The second-order valence-corrected chi connectivity index (χ2v) is 12.3. The predicted octanol–water partition coefficient (Wildman–Crippen LogP) is 2.72. The molecule has 0 radical (unpaired) electrons. The average Bonchev–Trinajstić information content (AvgIpc) is 3.53. The quantitative estimate of drug-likeness (QED) is 0.383. The van der Waals surface area contributed by atoms with E-state index in [0.29, 0.717) is 22.9 Å².